The molecule has 2 aliphatic rings. The summed E-state index contributed by atoms with van der Waals surface area (Å²) in [5.41, 5.74) is 5.49. The van der Waals surface area contributed by atoms with Crippen LogP contribution in [0.15, 0.2) is 0 Å². The van der Waals surface area contributed by atoms with E-state index < -0.39 is 12.0 Å². The number of hydrogen-bond acceptors (Lipinski definition) is 3. The van der Waals surface area contributed by atoms with Crippen LogP contribution in [0.3, 0.4) is 0 Å². The fourth-order valence-electron chi connectivity index (χ4n) is 3.77. The topological polar surface area (TPSA) is 66.6 Å². The van der Waals surface area contributed by atoms with Crippen LogP contribution < -0.4 is 5.73 Å². The zero-order valence-electron chi connectivity index (χ0n) is 11.3. The van der Waals surface area contributed by atoms with Gasteiger partial charge in [0.1, 0.15) is 6.04 Å². The van der Waals surface area contributed by atoms with Gasteiger partial charge in [0.25, 0.3) is 0 Å². The monoisotopic (exact) mass is 254 g/mol. The van der Waals surface area contributed by atoms with Crippen LogP contribution in [0.5, 0.6) is 0 Å². The van der Waals surface area contributed by atoms with Crippen LogP contribution in [-0.4, -0.2) is 41.7 Å². The van der Waals surface area contributed by atoms with Crippen molar-refractivity contribution in [2.24, 2.45) is 17.6 Å². The molecule has 0 aromatic rings. The number of aliphatic carboxylic acids is 1. The number of carbonyl (C=O) groups is 1. The molecule has 0 amide bonds. The Balaban J connectivity index is 1.60. The van der Waals surface area contributed by atoms with Crippen molar-refractivity contribution in [3.63, 3.8) is 0 Å². The average Bonchev–Trinajstić information content (AvgIpc) is 2.95. The molecule has 0 aromatic heterocycles. The molecule has 0 heterocycles. The second kappa shape index (κ2) is 6.02. The van der Waals surface area contributed by atoms with Crippen molar-refractivity contribution in [2.45, 2.75) is 57.0 Å². The minimum atomic E-state index is -0.878. The average molecular weight is 254 g/mol. The Morgan fingerprint density at radius 1 is 1.39 bits per heavy atom. The van der Waals surface area contributed by atoms with Gasteiger partial charge < -0.3 is 15.7 Å². The lowest BCUT2D eigenvalue weighted by Crippen LogP contribution is -2.36. The first-order valence-electron chi connectivity index (χ1n) is 7.26. The molecule has 2 saturated carbocycles. The number of fused-ring (bicyclic) bond motifs is 2. The highest BCUT2D eigenvalue weighted by Gasteiger charge is 2.40. The zero-order valence-corrected chi connectivity index (χ0v) is 11.3. The third-order valence-electron chi connectivity index (χ3n) is 4.86. The molecule has 2 fully saturated rings. The van der Waals surface area contributed by atoms with Gasteiger partial charge in [-0.15, -0.1) is 0 Å². The fraction of sp³-hybridized carbons (Fsp3) is 0.929. The van der Waals surface area contributed by atoms with E-state index in [0.717, 1.165) is 37.3 Å². The van der Waals surface area contributed by atoms with E-state index in [1.54, 1.807) is 0 Å². The van der Waals surface area contributed by atoms with Gasteiger partial charge in [-0.1, -0.05) is 12.8 Å². The van der Waals surface area contributed by atoms with Crippen molar-refractivity contribution in [1.29, 1.82) is 0 Å². The lowest BCUT2D eigenvalue weighted by atomic mass is 9.94. The first kappa shape index (κ1) is 13.8. The number of hydrogen-bond donors (Lipinski definition) is 2. The van der Waals surface area contributed by atoms with Gasteiger partial charge in [-0.2, -0.15) is 0 Å². The molecule has 2 rings (SSSR count). The van der Waals surface area contributed by atoms with E-state index in [1.165, 1.54) is 25.7 Å². The largest absolute Gasteiger partial charge is 0.480 e. The van der Waals surface area contributed by atoms with Gasteiger partial charge in [-0.3, -0.25) is 4.79 Å². The van der Waals surface area contributed by atoms with E-state index >= 15 is 0 Å². The molecule has 0 spiro atoms. The summed E-state index contributed by atoms with van der Waals surface area (Å²) in [5.74, 6) is 1.04. The van der Waals surface area contributed by atoms with Gasteiger partial charge in [-0.05, 0) is 57.5 Å². The van der Waals surface area contributed by atoms with Crippen molar-refractivity contribution in [1.82, 2.24) is 4.90 Å². The summed E-state index contributed by atoms with van der Waals surface area (Å²) in [6.07, 6.45) is 8.27. The minimum absolute atomic E-state index is 0.597. The van der Waals surface area contributed by atoms with Crippen molar-refractivity contribution < 1.29 is 9.90 Å². The molecule has 0 radical (unpaired) electrons. The van der Waals surface area contributed by atoms with Crippen LogP contribution in [0.25, 0.3) is 0 Å². The fourth-order valence-corrected chi connectivity index (χ4v) is 3.77. The molecule has 0 saturated heterocycles. The number of nitrogens with two attached hydrogens (primary N) is 1. The molecule has 104 valence electrons. The maximum absolute atomic E-state index is 10.6. The lowest BCUT2D eigenvalue weighted by molar-refractivity contribution is -0.138. The Morgan fingerprint density at radius 3 is 2.72 bits per heavy atom. The van der Waals surface area contributed by atoms with Crippen LogP contribution >= 0.6 is 0 Å². The maximum Gasteiger partial charge on any atom is 0.320 e. The van der Waals surface area contributed by atoms with Gasteiger partial charge in [-0.25, -0.2) is 0 Å². The number of rotatable bonds is 7. The molecule has 0 aliphatic heterocycles. The van der Waals surface area contributed by atoms with Crippen LogP contribution in [0.1, 0.15) is 44.9 Å². The van der Waals surface area contributed by atoms with E-state index in [1.807, 2.05) is 0 Å². The molecule has 2 aliphatic carbocycles. The van der Waals surface area contributed by atoms with Crippen molar-refractivity contribution in [3.05, 3.63) is 0 Å². The Morgan fingerprint density at radius 2 is 2.17 bits per heavy atom. The Bertz CT molecular complexity index is 296. The predicted molar refractivity (Wildman–Crippen MR) is 71.3 cm³/mol. The number of carboxylic acid groups (broad SMARTS) is 1. The first-order chi connectivity index (χ1) is 8.58. The van der Waals surface area contributed by atoms with Crippen molar-refractivity contribution in [3.8, 4) is 0 Å². The molecule has 18 heavy (non-hydrogen) atoms. The highest BCUT2D eigenvalue weighted by Crippen LogP contribution is 2.46. The first-order valence-corrected chi connectivity index (χ1v) is 7.26. The molecular formula is C14H26N2O2. The van der Waals surface area contributed by atoms with Crippen LogP contribution in [0.2, 0.25) is 0 Å². The third-order valence-corrected chi connectivity index (χ3v) is 4.86. The molecule has 0 unspecified atom stereocenters. The molecule has 4 heteroatoms. The number of nitrogens with zero attached hydrogens (tertiary/aromatic N) is 1. The Labute approximate surface area is 110 Å². The molecular weight excluding hydrogens is 228 g/mol. The van der Waals surface area contributed by atoms with Gasteiger partial charge >= 0.3 is 5.97 Å². The summed E-state index contributed by atoms with van der Waals surface area (Å²) in [5, 5.41) is 8.70. The normalized spacial score (nSPS) is 32.1. The SMILES string of the molecule is CN(CCCC[C@H](N)C(=O)O)[C@H]1C[C@@H]2CC[C@H]1C2. The smallest absolute Gasteiger partial charge is 0.320 e. The Kier molecular flexibility index (Phi) is 4.62. The summed E-state index contributed by atoms with van der Waals surface area (Å²) in [6.45, 7) is 1.08. The van der Waals surface area contributed by atoms with Crippen LogP contribution in [-0.2, 0) is 4.79 Å². The quantitative estimate of drug-likeness (QED) is 0.678. The zero-order chi connectivity index (χ0) is 13.1. The van der Waals surface area contributed by atoms with Crippen molar-refractivity contribution >= 4 is 5.97 Å². The standard InChI is InChI=1S/C14H26N2O2/c1-16(7-3-2-4-12(15)14(17)18)13-9-10-5-6-11(13)8-10/h10-13H,2-9,15H2,1H3,(H,17,18)/t10-,11+,12+,13+/m1/s1. The molecule has 2 bridgehead atoms. The minimum Gasteiger partial charge on any atom is -0.480 e. The molecule has 3 N–H and O–H groups in total. The van der Waals surface area contributed by atoms with Gasteiger partial charge in [0, 0.05) is 6.04 Å². The van der Waals surface area contributed by atoms with Gasteiger partial charge in [0.05, 0.1) is 0 Å². The van der Waals surface area contributed by atoms with Crippen molar-refractivity contribution in [2.75, 3.05) is 13.6 Å². The van der Waals surface area contributed by atoms with Crippen LogP contribution in [0, 0.1) is 11.8 Å². The molecule has 4 nitrogen and oxygen atoms in total. The van der Waals surface area contributed by atoms with E-state index in [-0.39, 0.29) is 0 Å². The highest BCUT2D eigenvalue weighted by molar-refractivity contribution is 5.72. The van der Waals surface area contributed by atoms with E-state index in [9.17, 15) is 4.79 Å². The summed E-state index contributed by atoms with van der Waals surface area (Å²) in [4.78, 5) is 13.1. The Hall–Kier alpha value is -0.610. The summed E-state index contributed by atoms with van der Waals surface area (Å²) in [6, 6.07) is 0.106. The third kappa shape index (κ3) is 3.23. The molecule has 0 aromatic carbocycles. The van der Waals surface area contributed by atoms with Gasteiger partial charge in [0.15, 0.2) is 0 Å². The molecule has 4 atom stereocenters. The van der Waals surface area contributed by atoms with Crippen LogP contribution in [0.4, 0.5) is 0 Å². The highest BCUT2D eigenvalue weighted by atomic mass is 16.4. The number of unbranched alkanes of at least 4 members (excludes halogenated alkanes) is 1. The lowest BCUT2D eigenvalue weighted by Gasteiger charge is -2.31. The summed E-state index contributed by atoms with van der Waals surface area (Å²) >= 11 is 0. The second-order valence-corrected chi connectivity index (χ2v) is 6.16. The van der Waals surface area contributed by atoms with E-state index in [4.69, 9.17) is 10.8 Å². The second-order valence-electron chi connectivity index (χ2n) is 6.16. The summed E-state index contributed by atoms with van der Waals surface area (Å²) in [7, 11) is 2.22. The van der Waals surface area contributed by atoms with Gasteiger partial charge in [0.2, 0.25) is 0 Å². The summed E-state index contributed by atoms with van der Waals surface area (Å²) < 4.78 is 0. The number of carboxylic acids is 1. The predicted octanol–water partition coefficient (Wildman–Crippen LogP) is 1.69. The maximum atomic E-state index is 10.6. The van der Waals surface area contributed by atoms with E-state index in [0.29, 0.717) is 6.42 Å². The van der Waals surface area contributed by atoms with E-state index in [2.05, 4.69) is 11.9 Å².